The van der Waals surface area contributed by atoms with Crippen LogP contribution in [0.1, 0.15) is 11.1 Å². The van der Waals surface area contributed by atoms with Gasteiger partial charge in [0.2, 0.25) is 0 Å². The monoisotopic (exact) mass is 633 g/mol. The van der Waals surface area contributed by atoms with Crippen LogP contribution < -0.4 is 14.8 Å². The van der Waals surface area contributed by atoms with Gasteiger partial charge in [-0.25, -0.2) is 0 Å². The number of nitro groups is 1. The van der Waals surface area contributed by atoms with Crippen LogP contribution in [0.4, 0.5) is 11.4 Å². The average molecular weight is 634 g/mol. The highest BCUT2D eigenvalue weighted by molar-refractivity contribution is 14.1. The highest BCUT2D eigenvalue weighted by Gasteiger charge is 2.13. The minimum atomic E-state index is -0.530. The number of amides is 1. The lowest BCUT2D eigenvalue weighted by Crippen LogP contribution is -2.13. The molecular weight excluding hydrogens is 617 g/mol. The number of ether oxygens (including phenoxy) is 2. The summed E-state index contributed by atoms with van der Waals surface area (Å²) in [5.41, 5.74) is 1.91. The molecule has 0 fully saturated rings. The molecule has 0 spiro atoms. The van der Waals surface area contributed by atoms with E-state index in [2.05, 4.69) is 43.8 Å². The molecule has 1 amide bonds. The van der Waals surface area contributed by atoms with Gasteiger partial charge in [-0.05, 0) is 104 Å². The molecule has 0 aliphatic carbocycles. The van der Waals surface area contributed by atoms with E-state index in [1.807, 2.05) is 6.07 Å². The lowest BCUT2D eigenvalue weighted by molar-refractivity contribution is -0.384. The molecule has 0 bridgehead atoms. The number of anilines is 1. The molecule has 1 N–H and O–H groups in total. The summed E-state index contributed by atoms with van der Waals surface area (Å²) in [5.74, 6) is 0.707. The minimum Gasteiger partial charge on any atom is -0.497 e. The van der Waals surface area contributed by atoms with Gasteiger partial charge in [0.1, 0.15) is 29.7 Å². The van der Waals surface area contributed by atoms with Crippen LogP contribution in [0.2, 0.25) is 0 Å². The molecule has 34 heavy (non-hydrogen) atoms. The van der Waals surface area contributed by atoms with Crippen LogP contribution in [0, 0.1) is 25.0 Å². The Morgan fingerprint density at radius 3 is 2.44 bits per heavy atom. The van der Waals surface area contributed by atoms with E-state index in [0.717, 1.165) is 9.13 Å². The Balaban J connectivity index is 1.73. The smallest absolute Gasteiger partial charge is 0.269 e. The lowest BCUT2D eigenvalue weighted by atomic mass is 10.1. The van der Waals surface area contributed by atoms with Crippen LogP contribution in [-0.4, -0.2) is 17.9 Å². The van der Waals surface area contributed by atoms with Crippen LogP contribution in [0.15, 0.2) is 70.7 Å². The van der Waals surface area contributed by atoms with Crippen molar-refractivity contribution in [2.75, 3.05) is 12.4 Å². The Hall–Kier alpha value is -3.43. The molecule has 3 rings (SSSR count). The maximum Gasteiger partial charge on any atom is 0.269 e. The largest absolute Gasteiger partial charge is 0.497 e. The molecule has 0 aliphatic heterocycles. The zero-order chi connectivity index (χ0) is 24.7. The average Bonchev–Trinajstić information content (AvgIpc) is 2.82. The van der Waals surface area contributed by atoms with Crippen molar-refractivity contribution in [2.24, 2.45) is 0 Å². The van der Waals surface area contributed by atoms with Crippen molar-refractivity contribution in [3.63, 3.8) is 0 Å². The summed E-state index contributed by atoms with van der Waals surface area (Å²) < 4.78 is 12.4. The third-order valence-electron chi connectivity index (χ3n) is 4.57. The fourth-order valence-corrected chi connectivity index (χ4v) is 4.63. The molecule has 0 aliphatic rings. The Morgan fingerprint density at radius 2 is 1.88 bits per heavy atom. The maximum atomic E-state index is 12.6. The molecule has 10 heteroatoms. The second kappa shape index (κ2) is 11.6. The van der Waals surface area contributed by atoms with Crippen LogP contribution >= 0.6 is 38.5 Å². The Morgan fingerprint density at radius 1 is 1.21 bits per heavy atom. The van der Waals surface area contributed by atoms with Gasteiger partial charge < -0.3 is 14.8 Å². The number of benzene rings is 3. The summed E-state index contributed by atoms with van der Waals surface area (Å²) >= 11 is 5.58. The predicted molar refractivity (Wildman–Crippen MR) is 140 cm³/mol. The zero-order valence-corrected chi connectivity index (χ0v) is 21.5. The molecule has 0 heterocycles. The van der Waals surface area contributed by atoms with E-state index in [0.29, 0.717) is 27.2 Å². The first-order valence-corrected chi connectivity index (χ1v) is 11.6. The molecule has 0 saturated carbocycles. The fourth-order valence-electron chi connectivity index (χ4n) is 2.86. The van der Waals surface area contributed by atoms with E-state index in [1.165, 1.54) is 18.2 Å². The Labute approximate surface area is 217 Å². The zero-order valence-electron chi connectivity index (χ0n) is 17.7. The molecule has 172 valence electrons. The highest BCUT2D eigenvalue weighted by atomic mass is 127. The van der Waals surface area contributed by atoms with Crippen LogP contribution in [0.25, 0.3) is 6.08 Å². The van der Waals surface area contributed by atoms with Gasteiger partial charge in [-0.2, -0.15) is 5.26 Å². The van der Waals surface area contributed by atoms with Crippen molar-refractivity contribution in [1.82, 2.24) is 0 Å². The van der Waals surface area contributed by atoms with Crippen molar-refractivity contribution < 1.29 is 19.2 Å². The summed E-state index contributed by atoms with van der Waals surface area (Å²) in [6.07, 6.45) is 1.49. The van der Waals surface area contributed by atoms with Crippen molar-refractivity contribution >= 4 is 61.9 Å². The third-order valence-corrected chi connectivity index (χ3v) is 5.97. The van der Waals surface area contributed by atoms with E-state index in [4.69, 9.17) is 9.47 Å². The highest BCUT2D eigenvalue weighted by Crippen LogP contribution is 2.33. The normalized spacial score (nSPS) is 10.8. The second-order valence-corrected chi connectivity index (χ2v) is 8.89. The van der Waals surface area contributed by atoms with E-state index >= 15 is 0 Å². The number of methoxy groups -OCH3 is 1. The number of carbonyl (C=O) groups is 1. The van der Waals surface area contributed by atoms with Crippen LogP contribution in [0.3, 0.4) is 0 Å². The first kappa shape index (κ1) is 25.2. The molecule has 0 atom stereocenters. The second-order valence-electron chi connectivity index (χ2n) is 6.88. The molecule has 0 aromatic heterocycles. The predicted octanol–water partition coefficient (Wildman–Crippen LogP) is 6.10. The van der Waals surface area contributed by atoms with Crippen molar-refractivity contribution in [2.45, 2.75) is 6.61 Å². The number of nitriles is 1. The Kier molecular flexibility index (Phi) is 8.61. The number of nitrogens with zero attached hydrogens (tertiary/aromatic N) is 2. The minimum absolute atomic E-state index is 0.0139. The van der Waals surface area contributed by atoms with Crippen LogP contribution in [-0.2, 0) is 11.4 Å². The third kappa shape index (κ3) is 6.55. The molecule has 0 saturated heterocycles. The number of non-ortho nitro benzene ring substituents is 1. The van der Waals surface area contributed by atoms with E-state index in [-0.39, 0.29) is 17.9 Å². The lowest BCUT2D eigenvalue weighted by Gasteiger charge is -2.12. The fraction of sp³-hybridized carbons (Fsp3) is 0.0833. The molecule has 3 aromatic carbocycles. The molecule has 8 nitrogen and oxygen atoms in total. The first-order valence-electron chi connectivity index (χ1n) is 9.73. The van der Waals surface area contributed by atoms with Gasteiger partial charge in [0.15, 0.2) is 0 Å². The number of nitro benzene ring substituents is 1. The van der Waals surface area contributed by atoms with Gasteiger partial charge in [0.05, 0.1) is 20.1 Å². The maximum absolute atomic E-state index is 12.6. The molecule has 0 radical (unpaired) electrons. The van der Waals surface area contributed by atoms with E-state index < -0.39 is 10.8 Å². The van der Waals surface area contributed by atoms with E-state index in [9.17, 15) is 20.2 Å². The van der Waals surface area contributed by atoms with Crippen molar-refractivity contribution in [1.29, 1.82) is 5.26 Å². The number of rotatable bonds is 8. The van der Waals surface area contributed by atoms with Gasteiger partial charge in [0, 0.05) is 17.8 Å². The standard InChI is InChI=1S/C24H17BrIN3O5/c1-33-20-8-4-18(5-9-20)28-24(30)17(13-27)10-16-11-21(25)23(22(26)12-16)34-14-15-2-6-19(7-3-15)29(31)32/h2-12H,14H2,1H3,(H,28,30)/b17-10-. The quantitative estimate of drug-likeness (QED) is 0.105. The Bertz CT molecular complexity index is 1260. The summed E-state index contributed by atoms with van der Waals surface area (Å²) in [7, 11) is 1.55. The topological polar surface area (TPSA) is 114 Å². The van der Waals surface area contributed by atoms with Crippen molar-refractivity contribution in [3.8, 4) is 17.6 Å². The van der Waals surface area contributed by atoms with Gasteiger partial charge in [-0.3, -0.25) is 14.9 Å². The molecular formula is C24H17BrIN3O5. The summed E-state index contributed by atoms with van der Waals surface area (Å²) in [6, 6.07) is 18.4. The summed E-state index contributed by atoms with van der Waals surface area (Å²) in [4.78, 5) is 22.9. The number of carbonyl (C=O) groups excluding carboxylic acids is 1. The number of hydrogen-bond acceptors (Lipinski definition) is 6. The van der Waals surface area contributed by atoms with Crippen LogP contribution in [0.5, 0.6) is 11.5 Å². The van der Waals surface area contributed by atoms with Gasteiger partial charge in [0.25, 0.3) is 11.6 Å². The number of hydrogen-bond donors (Lipinski definition) is 1. The summed E-state index contributed by atoms with van der Waals surface area (Å²) in [5, 5.41) is 23.0. The van der Waals surface area contributed by atoms with E-state index in [1.54, 1.807) is 55.6 Å². The number of nitrogens with one attached hydrogen (secondary N) is 1. The first-order chi connectivity index (χ1) is 16.3. The molecule has 3 aromatic rings. The van der Waals surface area contributed by atoms with Crippen molar-refractivity contribution in [3.05, 3.63) is 95.5 Å². The van der Waals surface area contributed by atoms with Gasteiger partial charge in [-0.15, -0.1) is 0 Å². The van der Waals surface area contributed by atoms with Gasteiger partial charge >= 0.3 is 0 Å². The van der Waals surface area contributed by atoms with Gasteiger partial charge in [-0.1, -0.05) is 0 Å². The SMILES string of the molecule is COc1ccc(NC(=O)/C(C#N)=C\c2cc(Br)c(OCc3ccc([N+](=O)[O-])cc3)c(I)c2)cc1. The molecule has 0 unspecified atom stereocenters. The summed E-state index contributed by atoms with van der Waals surface area (Å²) in [6.45, 7) is 0.218. The number of halogens is 2.